The van der Waals surface area contributed by atoms with Crippen molar-refractivity contribution in [3.63, 3.8) is 0 Å². The summed E-state index contributed by atoms with van der Waals surface area (Å²) in [6.07, 6.45) is -5.08. The van der Waals surface area contributed by atoms with Crippen LogP contribution in [0.1, 0.15) is 43.0 Å². The van der Waals surface area contributed by atoms with Gasteiger partial charge >= 0.3 is 12.1 Å². The maximum atomic E-state index is 14.0. The van der Waals surface area contributed by atoms with Crippen LogP contribution in [-0.2, 0) is 11.3 Å². The first-order chi connectivity index (χ1) is 13.8. The third-order valence-electron chi connectivity index (χ3n) is 3.99. The molecule has 0 bridgehead atoms. The molecular formula is C18H23F4N5O3. The van der Waals surface area contributed by atoms with Crippen molar-refractivity contribution < 1.29 is 32.3 Å². The SMILES string of the molecule is CC(C)Cn1c(C(N)=O)nnc1N(C)C(C)c1ccccc1F.O=C(O)C(F)(F)F. The molecule has 0 fully saturated rings. The summed E-state index contributed by atoms with van der Waals surface area (Å²) >= 11 is 0. The molecule has 1 aromatic heterocycles. The molecule has 12 heteroatoms. The number of carbonyl (C=O) groups excluding carboxylic acids is 1. The quantitative estimate of drug-likeness (QED) is 0.677. The lowest BCUT2D eigenvalue weighted by molar-refractivity contribution is -0.192. The number of aromatic nitrogens is 3. The maximum absolute atomic E-state index is 14.0. The Morgan fingerprint density at radius 1 is 1.20 bits per heavy atom. The van der Waals surface area contributed by atoms with Crippen LogP contribution in [0, 0.1) is 11.7 Å². The van der Waals surface area contributed by atoms with Gasteiger partial charge in [-0.2, -0.15) is 13.2 Å². The predicted molar refractivity (Wildman–Crippen MR) is 100 cm³/mol. The predicted octanol–water partition coefficient (Wildman–Crippen LogP) is 3.00. The molecule has 30 heavy (non-hydrogen) atoms. The van der Waals surface area contributed by atoms with Crippen molar-refractivity contribution >= 4 is 17.8 Å². The maximum Gasteiger partial charge on any atom is 0.490 e. The summed E-state index contributed by atoms with van der Waals surface area (Å²) in [6, 6.07) is 6.32. The Morgan fingerprint density at radius 3 is 2.17 bits per heavy atom. The van der Waals surface area contributed by atoms with Crippen LogP contribution in [0.15, 0.2) is 24.3 Å². The number of nitrogens with two attached hydrogens (primary N) is 1. The van der Waals surface area contributed by atoms with Crippen molar-refractivity contribution in [2.75, 3.05) is 11.9 Å². The van der Waals surface area contributed by atoms with Gasteiger partial charge in [0.15, 0.2) is 0 Å². The highest BCUT2D eigenvalue weighted by Crippen LogP contribution is 2.26. The summed E-state index contributed by atoms with van der Waals surface area (Å²) in [4.78, 5) is 22.2. The van der Waals surface area contributed by atoms with Gasteiger partial charge in [-0.05, 0) is 18.9 Å². The third-order valence-corrected chi connectivity index (χ3v) is 3.99. The number of carboxylic acid groups (broad SMARTS) is 1. The highest BCUT2D eigenvalue weighted by atomic mass is 19.4. The zero-order valence-corrected chi connectivity index (χ0v) is 16.8. The molecule has 8 nitrogen and oxygen atoms in total. The average molecular weight is 433 g/mol. The topological polar surface area (TPSA) is 114 Å². The summed E-state index contributed by atoms with van der Waals surface area (Å²) in [5.74, 6) is -2.79. The first-order valence-electron chi connectivity index (χ1n) is 8.77. The molecule has 166 valence electrons. The molecule has 0 aliphatic heterocycles. The van der Waals surface area contributed by atoms with E-state index in [4.69, 9.17) is 15.6 Å². The second-order valence-electron chi connectivity index (χ2n) is 6.80. The van der Waals surface area contributed by atoms with Crippen LogP contribution >= 0.6 is 0 Å². The van der Waals surface area contributed by atoms with Crippen molar-refractivity contribution in [2.45, 2.75) is 39.5 Å². The number of carbonyl (C=O) groups is 2. The van der Waals surface area contributed by atoms with Gasteiger partial charge in [0.25, 0.3) is 5.91 Å². The summed E-state index contributed by atoms with van der Waals surface area (Å²) in [5, 5.41) is 15.1. The summed E-state index contributed by atoms with van der Waals surface area (Å²) < 4.78 is 47.4. The van der Waals surface area contributed by atoms with Gasteiger partial charge in [-0.1, -0.05) is 32.0 Å². The fourth-order valence-corrected chi connectivity index (χ4v) is 2.47. The van der Waals surface area contributed by atoms with Crippen molar-refractivity contribution in [1.29, 1.82) is 0 Å². The number of benzene rings is 1. The van der Waals surface area contributed by atoms with Gasteiger partial charge in [0.1, 0.15) is 5.82 Å². The van der Waals surface area contributed by atoms with Crippen molar-refractivity contribution in [3.05, 3.63) is 41.5 Å². The zero-order valence-electron chi connectivity index (χ0n) is 16.8. The van der Waals surface area contributed by atoms with E-state index >= 15 is 0 Å². The van der Waals surface area contributed by atoms with E-state index in [0.29, 0.717) is 18.1 Å². The van der Waals surface area contributed by atoms with Crippen LogP contribution in [0.4, 0.5) is 23.5 Å². The van der Waals surface area contributed by atoms with Crippen LogP contribution in [0.3, 0.4) is 0 Å². The molecule has 1 atom stereocenters. The van der Waals surface area contributed by atoms with E-state index in [9.17, 15) is 22.4 Å². The van der Waals surface area contributed by atoms with Crippen molar-refractivity contribution in [2.24, 2.45) is 11.7 Å². The standard InChI is InChI=1S/C16H22FN5O.C2HF3O2/c1-10(2)9-22-15(14(18)23)19-20-16(22)21(4)11(3)12-7-5-6-8-13(12)17;3-2(4,5)1(6)7/h5-8,10-11H,9H2,1-4H3,(H2,18,23);(H,6,7). The Morgan fingerprint density at radius 2 is 1.73 bits per heavy atom. The number of alkyl halides is 3. The van der Waals surface area contributed by atoms with Crippen LogP contribution in [-0.4, -0.2) is 45.0 Å². The van der Waals surface area contributed by atoms with E-state index in [1.54, 1.807) is 34.7 Å². The van der Waals surface area contributed by atoms with Gasteiger partial charge in [-0.15, -0.1) is 10.2 Å². The van der Waals surface area contributed by atoms with E-state index < -0.39 is 18.1 Å². The van der Waals surface area contributed by atoms with Gasteiger partial charge in [0.05, 0.1) is 6.04 Å². The molecule has 1 heterocycles. The minimum Gasteiger partial charge on any atom is -0.475 e. The number of rotatable bonds is 6. The fraction of sp³-hybridized carbons (Fsp3) is 0.444. The molecule has 2 aromatic rings. The van der Waals surface area contributed by atoms with E-state index in [1.165, 1.54) is 6.07 Å². The second-order valence-corrected chi connectivity index (χ2v) is 6.80. The Bertz CT molecular complexity index is 883. The van der Waals surface area contributed by atoms with E-state index in [1.807, 2.05) is 20.8 Å². The minimum atomic E-state index is -5.08. The van der Waals surface area contributed by atoms with Gasteiger partial charge in [-0.3, -0.25) is 9.36 Å². The second kappa shape index (κ2) is 10.0. The first kappa shape index (κ1) is 24.9. The van der Waals surface area contributed by atoms with Gasteiger partial charge in [-0.25, -0.2) is 9.18 Å². The Hall–Kier alpha value is -3.18. The number of primary amides is 1. The Labute approximate surface area is 170 Å². The first-order valence-corrected chi connectivity index (χ1v) is 8.77. The molecule has 3 N–H and O–H groups in total. The molecule has 0 saturated carbocycles. The smallest absolute Gasteiger partial charge is 0.475 e. The number of nitrogens with zero attached hydrogens (tertiary/aromatic N) is 4. The summed E-state index contributed by atoms with van der Waals surface area (Å²) in [6.45, 7) is 6.47. The minimum absolute atomic E-state index is 0.112. The average Bonchev–Trinajstić information content (AvgIpc) is 3.03. The highest BCUT2D eigenvalue weighted by Gasteiger charge is 2.38. The van der Waals surface area contributed by atoms with Crippen LogP contribution in [0.25, 0.3) is 0 Å². The molecule has 0 aliphatic carbocycles. The lowest BCUT2D eigenvalue weighted by Crippen LogP contribution is -2.28. The summed E-state index contributed by atoms with van der Waals surface area (Å²) in [5.41, 5.74) is 5.92. The molecular weight excluding hydrogens is 410 g/mol. The molecule has 0 aliphatic rings. The van der Waals surface area contributed by atoms with Crippen LogP contribution < -0.4 is 10.6 Å². The molecule has 0 spiro atoms. The number of anilines is 1. The number of hydrogen-bond donors (Lipinski definition) is 2. The molecule has 2 rings (SSSR count). The van der Waals surface area contributed by atoms with Crippen LogP contribution in [0.5, 0.6) is 0 Å². The van der Waals surface area contributed by atoms with E-state index in [-0.39, 0.29) is 23.6 Å². The number of carboxylic acids is 1. The monoisotopic (exact) mass is 433 g/mol. The molecule has 0 saturated heterocycles. The number of halogens is 4. The van der Waals surface area contributed by atoms with E-state index in [0.717, 1.165) is 0 Å². The number of aliphatic carboxylic acids is 1. The molecule has 1 aromatic carbocycles. The zero-order chi connectivity index (χ0) is 23.2. The van der Waals surface area contributed by atoms with Crippen molar-refractivity contribution in [1.82, 2.24) is 14.8 Å². The largest absolute Gasteiger partial charge is 0.490 e. The number of amides is 1. The number of hydrogen-bond acceptors (Lipinski definition) is 5. The lowest BCUT2D eigenvalue weighted by Gasteiger charge is -2.27. The molecule has 1 amide bonds. The van der Waals surface area contributed by atoms with Crippen LogP contribution in [0.2, 0.25) is 0 Å². The lowest BCUT2D eigenvalue weighted by atomic mass is 10.1. The molecule has 0 radical (unpaired) electrons. The summed E-state index contributed by atoms with van der Waals surface area (Å²) in [7, 11) is 1.79. The van der Waals surface area contributed by atoms with Crippen molar-refractivity contribution in [3.8, 4) is 0 Å². The Balaban J connectivity index is 0.000000553. The third kappa shape index (κ3) is 6.42. The fourth-order valence-electron chi connectivity index (χ4n) is 2.47. The highest BCUT2D eigenvalue weighted by molar-refractivity contribution is 5.89. The Kier molecular flexibility index (Phi) is 8.31. The van der Waals surface area contributed by atoms with Gasteiger partial charge < -0.3 is 15.7 Å². The van der Waals surface area contributed by atoms with Gasteiger partial charge in [0.2, 0.25) is 11.8 Å². The molecule has 1 unspecified atom stereocenters. The van der Waals surface area contributed by atoms with E-state index in [2.05, 4.69) is 10.2 Å². The van der Waals surface area contributed by atoms with Gasteiger partial charge in [0, 0.05) is 19.2 Å². The normalized spacial score (nSPS) is 12.2.